The Morgan fingerprint density at radius 3 is 2.57 bits per heavy atom. The van der Waals surface area contributed by atoms with Gasteiger partial charge < -0.3 is 9.88 Å². The second-order valence-corrected chi connectivity index (χ2v) is 5.58. The predicted molar refractivity (Wildman–Crippen MR) is 89.9 cm³/mol. The summed E-state index contributed by atoms with van der Waals surface area (Å²) in [7, 11) is 0. The molecule has 0 unspecified atom stereocenters. The number of nitrogens with one attached hydrogen (secondary N) is 1. The van der Waals surface area contributed by atoms with Crippen LogP contribution >= 0.6 is 11.6 Å². The summed E-state index contributed by atoms with van der Waals surface area (Å²) in [6.45, 7) is 4.80. The van der Waals surface area contributed by atoms with Crippen LogP contribution in [0, 0.1) is 0 Å². The van der Waals surface area contributed by atoms with Crippen LogP contribution in [0.4, 0.5) is 0 Å². The average molecular weight is 299 g/mol. The Bertz CT molecular complexity index is 746. The van der Waals surface area contributed by atoms with Gasteiger partial charge in [-0.15, -0.1) is 0 Å². The predicted octanol–water partition coefficient (Wildman–Crippen LogP) is 4.45. The van der Waals surface area contributed by atoms with E-state index in [2.05, 4.69) is 53.3 Å². The standard InChI is InChI=1S/C18H19ClN2/c1-2-20-11-15-13-21(18-10-6-4-8-16(15)18)12-14-7-3-5-9-17(14)19/h3-10,13,20H,2,11-12H2,1H3. The van der Waals surface area contributed by atoms with E-state index in [4.69, 9.17) is 11.6 Å². The highest BCUT2D eigenvalue weighted by Crippen LogP contribution is 2.24. The van der Waals surface area contributed by atoms with Crippen LogP contribution in [0.2, 0.25) is 5.02 Å². The molecule has 3 aromatic rings. The van der Waals surface area contributed by atoms with Gasteiger partial charge in [-0.1, -0.05) is 54.9 Å². The molecule has 21 heavy (non-hydrogen) atoms. The lowest BCUT2D eigenvalue weighted by molar-refractivity contribution is 0.724. The van der Waals surface area contributed by atoms with Crippen LogP contribution in [0.1, 0.15) is 18.1 Å². The summed E-state index contributed by atoms with van der Waals surface area (Å²) < 4.78 is 2.28. The second kappa shape index (κ2) is 6.33. The quantitative estimate of drug-likeness (QED) is 0.736. The Morgan fingerprint density at radius 1 is 1.00 bits per heavy atom. The third-order valence-corrected chi connectivity index (χ3v) is 4.10. The molecule has 0 aliphatic heterocycles. The Labute approximate surface area is 130 Å². The van der Waals surface area contributed by atoms with E-state index in [1.807, 2.05) is 18.2 Å². The Balaban J connectivity index is 2.00. The first-order chi connectivity index (χ1) is 10.3. The number of halogens is 1. The van der Waals surface area contributed by atoms with Gasteiger partial charge >= 0.3 is 0 Å². The van der Waals surface area contributed by atoms with Gasteiger partial charge in [0.15, 0.2) is 0 Å². The van der Waals surface area contributed by atoms with Crippen molar-refractivity contribution < 1.29 is 0 Å². The van der Waals surface area contributed by atoms with Gasteiger partial charge in [-0.2, -0.15) is 0 Å². The molecular weight excluding hydrogens is 280 g/mol. The molecule has 3 heteroatoms. The molecule has 0 fully saturated rings. The number of hydrogen-bond acceptors (Lipinski definition) is 1. The number of benzene rings is 2. The maximum Gasteiger partial charge on any atom is 0.0491 e. The van der Waals surface area contributed by atoms with E-state index >= 15 is 0 Å². The highest BCUT2D eigenvalue weighted by molar-refractivity contribution is 6.31. The van der Waals surface area contributed by atoms with Crippen LogP contribution in [-0.2, 0) is 13.1 Å². The highest BCUT2D eigenvalue weighted by atomic mass is 35.5. The number of para-hydroxylation sites is 1. The Hall–Kier alpha value is -1.77. The molecule has 3 rings (SSSR count). The van der Waals surface area contributed by atoms with Crippen LogP contribution in [0.5, 0.6) is 0 Å². The molecule has 2 aromatic carbocycles. The monoisotopic (exact) mass is 298 g/mol. The molecule has 0 aliphatic rings. The lowest BCUT2D eigenvalue weighted by atomic mass is 10.2. The minimum atomic E-state index is 0.798. The Kier molecular flexibility index (Phi) is 4.28. The van der Waals surface area contributed by atoms with Crippen LogP contribution in [0.25, 0.3) is 10.9 Å². The molecule has 1 N–H and O–H groups in total. The van der Waals surface area contributed by atoms with Gasteiger partial charge in [-0.3, -0.25) is 0 Å². The largest absolute Gasteiger partial charge is 0.343 e. The van der Waals surface area contributed by atoms with Crippen molar-refractivity contribution >= 4 is 22.5 Å². The van der Waals surface area contributed by atoms with Gasteiger partial charge in [-0.05, 0) is 29.8 Å². The molecule has 1 aromatic heterocycles. The zero-order valence-corrected chi connectivity index (χ0v) is 12.9. The lowest BCUT2D eigenvalue weighted by Crippen LogP contribution is -2.11. The third-order valence-electron chi connectivity index (χ3n) is 3.74. The molecule has 0 amide bonds. The van der Waals surface area contributed by atoms with Crippen molar-refractivity contribution in [2.24, 2.45) is 0 Å². The van der Waals surface area contributed by atoms with Crippen molar-refractivity contribution in [1.82, 2.24) is 9.88 Å². The fourth-order valence-corrected chi connectivity index (χ4v) is 2.86. The van der Waals surface area contributed by atoms with E-state index in [1.54, 1.807) is 0 Å². The first kappa shape index (κ1) is 14.2. The molecule has 2 nitrogen and oxygen atoms in total. The van der Waals surface area contributed by atoms with E-state index in [9.17, 15) is 0 Å². The van der Waals surface area contributed by atoms with Crippen molar-refractivity contribution in [2.75, 3.05) is 6.54 Å². The molecule has 0 atom stereocenters. The van der Waals surface area contributed by atoms with Crippen LogP contribution in [-0.4, -0.2) is 11.1 Å². The molecule has 0 bridgehead atoms. The SMILES string of the molecule is CCNCc1cn(Cc2ccccc2Cl)c2ccccc12. The summed E-state index contributed by atoms with van der Waals surface area (Å²) in [6.07, 6.45) is 2.23. The van der Waals surface area contributed by atoms with Crippen LogP contribution < -0.4 is 5.32 Å². The third kappa shape index (κ3) is 2.97. The summed E-state index contributed by atoms with van der Waals surface area (Å²) in [5.41, 5.74) is 3.74. The summed E-state index contributed by atoms with van der Waals surface area (Å²) in [5, 5.41) is 5.54. The van der Waals surface area contributed by atoms with Gasteiger partial charge in [0.1, 0.15) is 0 Å². The Morgan fingerprint density at radius 2 is 1.76 bits per heavy atom. The normalized spacial score (nSPS) is 11.1. The average Bonchev–Trinajstić information content (AvgIpc) is 2.86. The molecule has 0 saturated carbocycles. The minimum absolute atomic E-state index is 0.798. The summed E-state index contributed by atoms with van der Waals surface area (Å²) in [5.74, 6) is 0. The first-order valence-corrected chi connectivity index (χ1v) is 7.68. The highest BCUT2D eigenvalue weighted by Gasteiger charge is 2.09. The molecule has 0 spiro atoms. The summed E-state index contributed by atoms with van der Waals surface area (Å²) >= 11 is 6.29. The fourth-order valence-electron chi connectivity index (χ4n) is 2.66. The maximum absolute atomic E-state index is 6.29. The molecule has 0 aliphatic carbocycles. The van der Waals surface area contributed by atoms with Gasteiger partial charge in [-0.25, -0.2) is 0 Å². The number of aromatic nitrogens is 1. The van der Waals surface area contributed by atoms with Crippen LogP contribution in [0.15, 0.2) is 54.7 Å². The number of hydrogen-bond donors (Lipinski definition) is 1. The maximum atomic E-state index is 6.29. The fraction of sp³-hybridized carbons (Fsp3) is 0.222. The molecule has 0 saturated heterocycles. The smallest absolute Gasteiger partial charge is 0.0491 e. The zero-order chi connectivity index (χ0) is 14.7. The minimum Gasteiger partial charge on any atom is -0.343 e. The first-order valence-electron chi connectivity index (χ1n) is 7.30. The number of rotatable bonds is 5. The second-order valence-electron chi connectivity index (χ2n) is 5.17. The van der Waals surface area contributed by atoms with Gasteiger partial charge in [0.05, 0.1) is 0 Å². The van der Waals surface area contributed by atoms with E-state index < -0.39 is 0 Å². The van der Waals surface area contributed by atoms with Crippen molar-refractivity contribution in [3.63, 3.8) is 0 Å². The van der Waals surface area contributed by atoms with Crippen LogP contribution in [0.3, 0.4) is 0 Å². The molecule has 0 radical (unpaired) electrons. The topological polar surface area (TPSA) is 17.0 Å². The number of fused-ring (bicyclic) bond motifs is 1. The van der Waals surface area contributed by atoms with E-state index in [0.29, 0.717) is 0 Å². The number of nitrogens with zero attached hydrogens (tertiary/aromatic N) is 1. The van der Waals surface area contributed by atoms with Crippen molar-refractivity contribution in [3.05, 3.63) is 70.9 Å². The summed E-state index contributed by atoms with van der Waals surface area (Å²) in [6, 6.07) is 16.6. The van der Waals surface area contributed by atoms with Gasteiger partial charge in [0, 0.05) is 35.2 Å². The van der Waals surface area contributed by atoms with Crippen molar-refractivity contribution in [2.45, 2.75) is 20.0 Å². The van der Waals surface area contributed by atoms with E-state index in [0.717, 1.165) is 30.2 Å². The summed E-state index contributed by atoms with van der Waals surface area (Å²) in [4.78, 5) is 0. The molecule has 108 valence electrons. The lowest BCUT2D eigenvalue weighted by Gasteiger charge is -2.07. The van der Waals surface area contributed by atoms with Crippen molar-refractivity contribution in [1.29, 1.82) is 0 Å². The van der Waals surface area contributed by atoms with Crippen molar-refractivity contribution in [3.8, 4) is 0 Å². The molecule has 1 heterocycles. The zero-order valence-electron chi connectivity index (χ0n) is 12.1. The van der Waals surface area contributed by atoms with E-state index in [1.165, 1.54) is 16.5 Å². The van der Waals surface area contributed by atoms with Gasteiger partial charge in [0.25, 0.3) is 0 Å². The molecular formula is C18H19ClN2. The van der Waals surface area contributed by atoms with E-state index in [-0.39, 0.29) is 0 Å². The van der Waals surface area contributed by atoms with Gasteiger partial charge in [0.2, 0.25) is 0 Å².